The lowest BCUT2D eigenvalue weighted by atomic mass is 10.2. The van der Waals surface area contributed by atoms with E-state index in [1.165, 1.54) is 0 Å². The molecule has 0 unspecified atom stereocenters. The predicted octanol–water partition coefficient (Wildman–Crippen LogP) is 4.25. The first-order valence-electron chi connectivity index (χ1n) is 6.70. The van der Waals surface area contributed by atoms with Gasteiger partial charge >= 0.3 is 0 Å². The van der Waals surface area contributed by atoms with E-state index in [1.807, 2.05) is 38.2 Å². The monoisotopic (exact) mass is 290 g/mol. The maximum absolute atomic E-state index is 6.14. The second-order valence-corrected chi connectivity index (χ2v) is 5.19. The Bertz CT molecular complexity index is 599. The number of halogens is 1. The topological polar surface area (TPSA) is 34.2 Å². The number of hydrogen-bond acceptors (Lipinski definition) is 3. The van der Waals surface area contributed by atoms with Gasteiger partial charge in [-0.15, -0.1) is 0 Å². The minimum atomic E-state index is 0.591. The van der Waals surface area contributed by atoms with Crippen molar-refractivity contribution in [2.45, 2.75) is 27.3 Å². The van der Waals surface area contributed by atoms with Crippen LogP contribution < -0.4 is 10.1 Å². The Morgan fingerprint density at radius 2 is 2.05 bits per heavy atom. The predicted molar refractivity (Wildman–Crippen MR) is 82.6 cm³/mol. The fourth-order valence-electron chi connectivity index (χ4n) is 1.89. The summed E-state index contributed by atoms with van der Waals surface area (Å²) in [6.45, 7) is 7.83. The number of benzene rings is 1. The summed E-state index contributed by atoms with van der Waals surface area (Å²) in [5, 5.41) is 3.87. The third kappa shape index (κ3) is 3.71. The van der Waals surface area contributed by atoms with E-state index >= 15 is 0 Å². The van der Waals surface area contributed by atoms with E-state index in [1.54, 1.807) is 0 Å². The second kappa shape index (κ2) is 6.73. The van der Waals surface area contributed by atoms with Crippen molar-refractivity contribution in [1.29, 1.82) is 0 Å². The highest BCUT2D eigenvalue weighted by atomic mass is 35.5. The molecule has 0 spiro atoms. The standard InChI is InChI=1S/C16H19ClN2O/c1-4-18-9-13-8-12(3)16(19-10-13)20-15-7-11(2)5-6-14(15)17/h5-8,10,18H,4,9H2,1-3H3. The van der Waals surface area contributed by atoms with E-state index < -0.39 is 0 Å². The molecule has 0 aliphatic carbocycles. The van der Waals surface area contributed by atoms with Gasteiger partial charge in [0.15, 0.2) is 0 Å². The van der Waals surface area contributed by atoms with Crippen LogP contribution in [0.25, 0.3) is 0 Å². The zero-order valence-corrected chi connectivity index (χ0v) is 12.8. The molecule has 20 heavy (non-hydrogen) atoms. The summed E-state index contributed by atoms with van der Waals surface area (Å²) in [6, 6.07) is 7.78. The van der Waals surface area contributed by atoms with Crippen LogP contribution in [0.15, 0.2) is 30.5 Å². The Labute approximate surface area is 124 Å². The third-order valence-corrected chi connectivity index (χ3v) is 3.27. The molecule has 1 aromatic carbocycles. The molecule has 0 aliphatic heterocycles. The summed E-state index contributed by atoms with van der Waals surface area (Å²) >= 11 is 6.14. The van der Waals surface area contributed by atoms with Gasteiger partial charge in [-0.1, -0.05) is 24.6 Å². The molecule has 3 nitrogen and oxygen atoms in total. The first-order valence-corrected chi connectivity index (χ1v) is 7.08. The molecule has 0 fully saturated rings. The molecular formula is C16H19ClN2O. The van der Waals surface area contributed by atoms with Crippen LogP contribution in [-0.4, -0.2) is 11.5 Å². The molecule has 0 radical (unpaired) electrons. The number of pyridine rings is 1. The van der Waals surface area contributed by atoms with Gasteiger partial charge in [-0.2, -0.15) is 0 Å². The highest BCUT2D eigenvalue weighted by Gasteiger charge is 2.08. The molecule has 0 saturated heterocycles. The van der Waals surface area contributed by atoms with Gasteiger partial charge in [-0.25, -0.2) is 4.98 Å². The summed E-state index contributed by atoms with van der Waals surface area (Å²) in [5.74, 6) is 1.24. The van der Waals surface area contributed by atoms with Gasteiger partial charge in [0.25, 0.3) is 0 Å². The molecule has 0 atom stereocenters. The first-order chi connectivity index (χ1) is 9.60. The van der Waals surface area contributed by atoms with Crippen LogP contribution >= 0.6 is 11.6 Å². The zero-order chi connectivity index (χ0) is 14.5. The lowest BCUT2D eigenvalue weighted by Crippen LogP contribution is -2.12. The molecule has 0 saturated carbocycles. The molecular weight excluding hydrogens is 272 g/mol. The summed E-state index contributed by atoms with van der Waals surface area (Å²) in [4.78, 5) is 4.38. The van der Waals surface area contributed by atoms with Gasteiger partial charge in [-0.3, -0.25) is 0 Å². The van der Waals surface area contributed by atoms with E-state index in [0.717, 1.165) is 29.8 Å². The molecule has 106 valence electrons. The highest BCUT2D eigenvalue weighted by Crippen LogP contribution is 2.30. The highest BCUT2D eigenvalue weighted by molar-refractivity contribution is 6.32. The van der Waals surface area contributed by atoms with Crippen LogP contribution in [0.4, 0.5) is 0 Å². The lowest BCUT2D eigenvalue weighted by molar-refractivity contribution is 0.458. The number of aryl methyl sites for hydroxylation is 2. The van der Waals surface area contributed by atoms with Crippen LogP contribution in [0.5, 0.6) is 11.6 Å². The van der Waals surface area contributed by atoms with Gasteiger partial charge in [0.1, 0.15) is 5.75 Å². The largest absolute Gasteiger partial charge is 0.437 e. The quantitative estimate of drug-likeness (QED) is 0.894. The van der Waals surface area contributed by atoms with E-state index in [9.17, 15) is 0 Å². The van der Waals surface area contributed by atoms with Crippen LogP contribution in [0.2, 0.25) is 5.02 Å². The average Bonchev–Trinajstić information content (AvgIpc) is 2.43. The van der Waals surface area contributed by atoms with Crippen LogP contribution in [0.3, 0.4) is 0 Å². The van der Waals surface area contributed by atoms with Crippen molar-refractivity contribution < 1.29 is 4.74 Å². The number of rotatable bonds is 5. The number of ether oxygens (including phenoxy) is 1. The summed E-state index contributed by atoms with van der Waals surface area (Å²) in [5.41, 5.74) is 3.25. The Balaban J connectivity index is 2.19. The summed E-state index contributed by atoms with van der Waals surface area (Å²) < 4.78 is 5.82. The van der Waals surface area contributed by atoms with E-state index in [-0.39, 0.29) is 0 Å². The molecule has 0 amide bonds. The summed E-state index contributed by atoms with van der Waals surface area (Å²) in [7, 11) is 0. The minimum absolute atomic E-state index is 0.591. The normalized spacial score (nSPS) is 10.6. The maximum atomic E-state index is 6.14. The molecule has 4 heteroatoms. The molecule has 1 aromatic heterocycles. The molecule has 0 aliphatic rings. The number of nitrogens with zero attached hydrogens (tertiary/aromatic N) is 1. The first kappa shape index (κ1) is 14.8. The van der Waals surface area contributed by atoms with Gasteiger partial charge in [0.2, 0.25) is 5.88 Å². The molecule has 2 aromatic rings. The smallest absolute Gasteiger partial charge is 0.222 e. The Morgan fingerprint density at radius 3 is 2.75 bits per heavy atom. The van der Waals surface area contributed by atoms with Crippen LogP contribution in [0, 0.1) is 13.8 Å². The number of nitrogens with one attached hydrogen (secondary N) is 1. The zero-order valence-electron chi connectivity index (χ0n) is 12.0. The van der Waals surface area contributed by atoms with Crippen molar-refractivity contribution in [3.05, 3.63) is 52.2 Å². The van der Waals surface area contributed by atoms with Crippen molar-refractivity contribution >= 4 is 11.6 Å². The maximum Gasteiger partial charge on any atom is 0.222 e. The fourth-order valence-corrected chi connectivity index (χ4v) is 2.04. The van der Waals surface area contributed by atoms with Crippen LogP contribution in [-0.2, 0) is 6.54 Å². The molecule has 0 bridgehead atoms. The van der Waals surface area contributed by atoms with E-state index in [0.29, 0.717) is 16.7 Å². The average molecular weight is 291 g/mol. The number of hydrogen-bond donors (Lipinski definition) is 1. The fraction of sp³-hybridized carbons (Fsp3) is 0.312. The van der Waals surface area contributed by atoms with E-state index in [2.05, 4.69) is 23.3 Å². The minimum Gasteiger partial charge on any atom is -0.437 e. The molecule has 2 rings (SSSR count). The second-order valence-electron chi connectivity index (χ2n) is 4.78. The van der Waals surface area contributed by atoms with E-state index in [4.69, 9.17) is 16.3 Å². The molecule has 1 N–H and O–H groups in total. The van der Waals surface area contributed by atoms with Crippen molar-refractivity contribution in [1.82, 2.24) is 10.3 Å². The van der Waals surface area contributed by atoms with Crippen molar-refractivity contribution in [3.63, 3.8) is 0 Å². The Hall–Kier alpha value is -1.58. The van der Waals surface area contributed by atoms with Gasteiger partial charge in [-0.05, 0) is 49.7 Å². The number of aromatic nitrogens is 1. The molecule has 1 heterocycles. The SMILES string of the molecule is CCNCc1cnc(Oc2cc(C)ccc2Cl)c(C)c1. The van der Waals surface area contributed by atoms with Gasteiger partial charge in [0, 0.05) is 18.3 Å². The third-order valence-electron chi connectivity index (χ3n) is 2.96. The van der Waals surface area contributed by atoms with Crippen molar-refractivity contribution in [2.24, 2.45) is 0 Å². The van der Waals surface area contributed by atoms with Crippen molar-refractivity contribution in [2.75, 3.05) is 6.54 Å². The van der Waals surface area contributed by atoms with Gasteiger partial charge < -0.3 is 10.1 Å². The Morgan fingerprint density at radius 1 is 1.25 bits per heavy atom. The lowest BCUT2D eigenvalue weighted by Gasteiger charge is -2.11. The van der Waals surface area contributed by atoms with Crippen LogP contribution in [0.1, 0.15) is 23.6 Å². The summed E-state index contributed by atoms with van der Waals surface area (Å²) in [6.07, 6.45) is 1.83. The Kier molecular flexibility index (Phi) is 4.99. The van der Waals surface area contributed by atoms with Crippen molar-refractivity contribution in [3.8, 4) is 11.6 Å². The van der Waals surface area contributed by atoms with Gasteiger partial charge in [0.05, 0.1) is 5.02 Å².